The topological polar surface area (TPSA) is 93.1 Å². The summed E-state index contributed by atoms with van der Waals surface area (Å²) in [7, 11) is -1.37. The van der Waals surface area contributed by atoms with Crippen molar-refractivity contribution < 1.29 is 27.8 Å². The maximum atomic E-state index is 11.6. The summed E-state index contributed by atoms with van der Waals surface area (Å²) >= 11 is 0. The number of sulfone groups is 1. The zero-order valence-corrected chi connectivity index (χ0v) is 13.8. The minimum atomic E-state index is -2.97. The van der Waals surface area contributed by atoms with Gasteiger partial charge in [-0.2, -0.15) is 0 Å². The predicted octanol–water partition coefficient (Wildman–Crippen LogP) is 0.857. The van der Waals surface area contributed by atoms with Crippen molar-refractivity contribution in [1.29, 1.82) is 0 Å². The molecule has 1 unspecified atom stereocenters. The lowest BCUT2D eigenvalue weighted by molar-refractivity contribution is 0.0623. The number of hydrogen-bond donors (Lipinski definition) is 1. The van der Waals surface area contributed by atoms with Gasteiger partial charge >= 0.3 is 5.97 Å². The maximum Gasteiger partial charge on any atom is 0.335 e. The van der Waals surface area contributed by atoms with Crippen molar-refractivity contribution in [3.05, 3.63) is 29.8 Å². The molecule has 7 nitrogen and oxygen atoms in total. The largest absolute Gasteiger partial charge is 0.478 e. The predicted molar refractivity (Wildman–Crippen MR) is 84.5 cm³/mol. The third-order valence-corrected chi connectivity index (χ3v) is 5.56. The zero-order valence-electron chi connectivity index (χ0n) is 13.0. The summed E-state index contributed by atoms with van der Waals surface area (Å²) in [6.07, 6.45) is 0.591. The molecule has 0 bridgehead atoms. The van der Waals surface area contributed by atoms with E-state index in [0.29, 0.717) is 25.3 Å². The number of ether oxygens (including phenoxy) is 2. The summed E-state index contributed by atoms with van der Waals surface area (Å²) in [4.78, 5) is 12.8. The lowest BCUT2D eigenvalue weighted by Gasteiger charge is -2.27. The van der Waals surface area contributed by atoms with Crippen LogP contribution in [0.1, 0.15) is 16.8 Å². The SMILES string of the molecule is COCCN(COc1ccc(C(=O)O)cc1)C1CCS(=O)(=O)C1. The van der Waals surface area contributed by atoms with Crippen molar-refractivity contribution in [3.8, 4) is 5.75 Å². The van der Waals surface area contributed by atoms with Crippen molar-refractivity contribution >= 4 is 15.8 Å². The third-order valence-electron chi connectivity index (χ3n) is 3.81. The first kappa shape index (κ1) is 17.7. The van der Waals surface area contributed by atoms with E-state index in [0.717, 1.165) is 0 Å². The van der Waals surface area contributed by atoms with Gasteiger partial charge in [-0.05, 0) is 30.7 Å². The molecule has 1 atom stereocenters. The molecular weight excluding hydrogens is 322 g/mol. The van der Waals surface area contributed by atoms with Crippen LogP contribution >= 0.6 is 0 Å². The van der Waals surface area contributed by atoms with Gasteiger partial charge in [0.05, 0.1) is 23.7 Å². The smallest absolute Gasteiger partial charge is 0.335 e. The molecule has 1 N–H and O–H groups in total. The van der Waals surface area contributed by atoms with Crippen molar-refractivity contribution in [3.63, 3.8) is 0 Å². The second kappa shape index (κ2) is 7.76. The molecule has 1 fully saturated rings. The Morgan fingerprint density at radius 1 is 1.35 bits per heavy atom. The van der Waals surface area contributed by atoms with E-state index in [2.05, 4.69) is 0 Å². The summed E-state index contributed by atoms with van der Waals surface area (Å²) in [5.41, 5.74) is 0.190. The molecule has 0 aromatic heterocycles. The Morgan fingerprint density at radius 3 is 2.57 bits per heavy atom. The summed E-state index contributed by atoms with van der Waals surface area (Å²) < 4.78 is 34.0. The second-order valence-corrected chi connectivity index (χ2v) is 7.69. The van der Waals surface area contributed by atoms with Crippen molar-refractivity contribution in [2.45, 2.75) is 12.5 Å². The lowest BCUT2D eigenvalue weighted by Crippen LogP contribution is -2.41. The summed E-state index contributed by atoms with van der Waals surface area (Å²) in [5.74, 6) is -0.111. The van der Waals surface area contributed by atoms with E-state index < -0.39 is 15.8 Å². The highest BCUT2D eigenvalue weighted by Gasteiger charge is 2.32. The van der Waals surface area contributed by atoms with Gasteiger partial charge in [-0.15, -0.1) is 0 Å². The first-order chi connectivity index (χ1) is 10.9. The highest BCUT2D eigenvalue weighted by molar-refractivity contribution is 7.91. The molecular formula is C15H21NO6S. The van der Waals surface area contributed by atoms with Gasteiger partial charge in [0.25, 0.3) is 0 Å². The van der Waals surface area contributed by atoms with Gasteiger partial charge in [0.2, 0.25) is 0 Å². The second-order valence-electron chi connectivity index (χ2n) is 5.46. The molecule has 23 heavy (non-hydrogen) atoms. The third kappa shape index (κ3) is 5.19. The van der Waals surface area contributed by atoms with E-state index in [1.54, 1.807) is 19.2 Å². The Bertz CT molecular complexity index is 628. The molecule has 1 heterocycles. The van der Waals surface area contributed by atoms with Crippen molar-refractivity contribution in [2.75, 3.05) is 38.5 Å². The first-order valence-corrected chi connectivity index (χ1v) is 9.13. The van der Waals surface area contributed by atoms with E-state index in [4.69, 9.17) is 14.6 Å². The van der Waals surface area contributed by atoms with Crippen LogP contribution < -0.4 is 4.74 Å². The molecule has 0 aliphatic carbocycles. The minimum absolute atomic E-state index is 0.0755. The quantitative estimate of drug-likeness (QED) is 0.700. The minimum Gasteiger partial charge on any atom is -0.478 e. The van der Waals surface area contributed by atoms with Crippen LogP contribution in [-0.4, -0.2) is 68.9 Å². The van der Waals surface area contributed by atoms with Crippen LogP contribution in [0.4, 0.5) is 0 Å². The van der Waals surface area contributed by atoms with E-state index in [-0.39, 0.29) is 29.8 Å². The molecule has 128 valence electrons. The fourth-order valence-corrected chi connectivity index (χ4v) is 4.24. The number of rotatable bonds is 8. The fourth-order valence-electron chi connectivity index (χ4n) is 2.48. The molecule has 1 aromatic carbocycles. The fraction of sp³-hybridized carbons (Fsp3) is 0.533. The van der Waals surface area contributed by atoms with Gasteiger partial charge in [-0.1, -0.05) is 0 Å². The van der Waals surface area contributed by atoms with Crippen LogP contribution in [0.3, 0.4) is 0 Å². The van der Waals surface area contributed by atoms with Crippen LogP contribution in [0.5, 0.6) is 5.75 Å². The summed E-state index contributed by atoms with van der Waals surface area (Å²) in [5, 5.41) is 8.86. The number of carboxylic acid groups (broad SMARTS) is 1. The van der Waals surface area contributed by atoms with Crippen LogP contribution in [0.25, 0.3) is 0 Å². The molecule has 1 aliphatic heterocycles. The average molecular weight is 343 g/mol. The van der Waals surface area contributed by atoms with Gasteiger partial charge in [0.1, 0.15) is 12.5 Å². The Hall–Kier alpha value is -1.64. The number of aromatic carboxylic acids is 1. The molecule has 1 saturated heterocycles. The van der Waals surface area contributed by atoms with Gasteiger partial charge in [-0.25, -0.2) is 13.2 Å². The van der Waals surface area contributed by atoms with E-state index in [1.165, 1.54) is 12.1 Å². The zero-order chi connectivity index (χ0) is 16.9. The molecule has 0 spiro atoms. The molecule has 0 amide bonds. The van der Waals surface area contributed by atoms with E-state index >= 15 is 0 Å². The number of methoxy groups -OCH3 is 1. The Balaban J connectivity index is 1.96. The van der Waals surface area contributed by atoms with Crippen LogP contribution in [0, 0.1) is 0 Å². The summed E-state index contributed by atoms with van der Waals surface area (Å²) in [6, 6.07) is 6.04. The number of hydrogen-bond acceptors (Lipinski definition) is 6. The molecule has 8 heteroatoms. The highest BCUT2D eigenvalue weighted by Crippen LogP contribution is 2.19. The van der Waals surface area contributed by atoms with E-state index in [1.807, 2.05) is 4.90 Å². The highest BCUT2D eigenvalue weighted by atomic mass is 32.2. The van der Waals surface area contributed by atoms with E-state index in [9.17, 15) is 13.2 Å². The standard InChI is InChI=1S/C15H21NO6S/c1-21-8-7-16(13-6-9-23(19,20)10-13)11-22-14-4-2-12(3-5-14)15(17)18/h2-5,13H,6-11H2,1H3,(H,17,18). The summed E-state index contributed by atoms with van der Waals surface area (Å²) in [6.45, 7) is 1.29. The van der Waals surface area contributed by atoms with Gasteiger partial charge < -0.3 is 14.6 Å². The Labute approximate surface area is 135 Å². The normalized spacial score (nSPS) is 19.8. The lowest BCUT2D eigenvalue weighted by atomic mass is 10.2. The number of benzene rings is 1. The Morgan fingerprint density at radius 2 is 2.04 bits per heavy atom. The molecule has 1 aliphatic rings. The van der Waals surface area contributed by atoms with Crippen molar-refractivity contribution in [2.24, 2.45) is 0 Å². The number of nitrogens with zero attached hydrogens (tertiary/aromatic N) is 1. The van der Waals surface area contributed by atoms with Crippen LogP contribution in [0.2, 0.25) is 0 Å². The molecule has 2 rings (SSSR count). The van der Waals surface area contributed by atoms with Gasteiger partial charge in [0.15, 0.2) is 9.84 Å². The van der Waals surface area contributed by atoms with Gasteiger partial charge in [0, 0.05) is 19.7 Å². The first-order valence-electron chi connectivity index (χ1n) is 7.31. The molecule has 0 radical (unpaired) electrons. The van der Waals surface area contributed by atoms with Crippen LogP contribution in [-0.2, 0) is 14.6 Å². The van der Waals surface area contributed by atoms with Crippen LogP contribution in [0.15, 0.2) is 24.3 Å². The number of carbonyl (C=O) groups is 1. The molecule has 1 aromatic rings. The number of carboxylic acids is 1. The maximum absolute atomic E-state index is 11.6. The van der Waals surface area contributed by atoms with Gasteiger partial charge in [-0.3, -0.25) is 4.90 Å². The Kier molecular flexibility index (Phi) is 5.97. The van der Waals surface area contributed by atoms with Crippen molar-refractivity contribution in [1.82, 2.24) is 4.90 Å². The monoisotopic (exact) mass is 343 g/mol. The average Bonchev–Trinajstić information content (AvgIpc) is 2.88. The molecule has 0 saturated carbocycles.